The number of thiazole rings is 1. The van der Waals surface area contributed by atoms with Crippen molar-refractivity contribution in [1.82, 2.24) is 10.4 Å². The second-order valence-electron chi connectivity index (χ2n) is 5.69. The van der Waals surface area contributed by atoms with Crippen molar-refractivity contribution in [3.63, 3.8) is 0 Å². The third-order valence-corrected chi connectivity index (χ3v) is 5.13. The van der Waals surface area contributed by atoms with E-state index in [4.69, 9.17) is 0 Å². The van der Waals surface area contributed by atoms with Crippen molar-refractivity contribution in [1.29, 1.82) is 0 Å². The lowest BCUT2D eigenvalue weighted by Crippen LogP contribution is -2.34. The first-order chi connectivity index (χ1) is 13.1. The Hall–Kier alpha value is -2.97. The van der Waals surface area contributed by atoms with E-state index < -0.39 is 0 Å². The highest BCUT2D eigenvalue weighted by Crippen LogP contribution is 2.28. The van der Waals surface area contributed by atoms with Gasteiger partial charge in [0, 0.05) is 15.4 Å². The first-order valence-corrected chi connectivity index (χ1v) is 9.70. The molecule has 1 aromatic heterocycles. The van der Waals surface area contributed by atoms with E-state index in [1.165, 1.54) is 16.3 Å². The summed E-state index contributed by atoms with van der Waals surface area (Å²) in [6.45, 7) is 3.88. The lowest BCUT2D eigenvalue weighted by molar-refractivity contribution is -0.112. The lowest BCUT2D eigenvalue weighted by Gasteiger charge is -2.10. The summed E-state index contributed by atoms with van der Waals surface area (Å²) in [5, 5.41) is 8.02. The number of carbonyl (C=O) groups is 1. The number of aromatic nitrogens is 1. The van der Waals surface area contributed by atoms with Crippen molar-refractivity contribution in [3.05, 3.63) is 76.7 Å². The molecule has 0 radical (unpaired) electrons. The fraction of sp³-hybridized carbons (Fsp3) is 0. The molecule has 2 heterocycles. The molecule has 1 amide bonds. The van der Waals surface area contributed by atoms with Crippen molar-refractivity contribution >= 4 is 49.7 Å². The largest absolute Gasteiger partial charge is 0.301 e. The van der Waals surface area contributed by atoms with Gasteiger partial charge in [-0.2, -0.15) is 10.1 Å². The van der Waals surface area contributed by atoms with E-state index in [1.54, 1.807) is 0 Å². The van der Waals surface area contributed by atoms with Gasteiger partial charge in [-0.1, -0.05) is 58.9 Å². The van der Waals surface area contributed by atoms with E-state index in [2.05, 4.69) is 43.4 Å². The van der Waals surface area contributed by atoms with Gasteiger partial charge in [0.1, 0.15) is 0 Å². The average molecular weight is 440 g/mol. The molecule has 1 aliphatic rings. The van der Waals surface area contributed by atoms with E-state index in [0.29, 0.717) is 10.8 Å². The van der Waals surface area contributed by atoms with Gasteiger partial charge >= 0.3 is 5.91 Å². The molecule has 3 aromatic rings. The summed E-state index contributed by atoms with van der Waals surface area (Å²) in [4.78, 5) is 17.3. The average Bonchev–Trinajstić information content (AvgIpc) is 3.26. The van der Waals surface area contributed by atoms with Gasteiger partial charge in [0.25, 0.3) is 0 Å². The molecule has 4 rings (SSSR count). The van der Waals surface area contributed by atoms with Crippen LogP contribution in [-0.2, 0) is 4.79 Å². The van der Waals surface area contributed by atoms with Gasteiger partial charge in [0.05, 0.1) is 17.1 Å². The minimum absolute atomic E-state index is 0.214. The molecule has 6 nitrogen and oxygen atoms in total. The molecular formula is C19H14BrN5OS. The predicted molar refractivity (Wildman–Crippen MR) is 113 cm³/mol. The first-order valence-electron chi connectivity index (χ1n) is 8.02. The Morgan fingerprint density at radius 3 is 2.78 bits per heavy atom. The van der Waals surface area contributed by atoms with E-state index in [-0.39, 0.29) is 11.6 Å². The Morgan fingerprint density at radius 2 is 2.00 bits per heavy atom. The number of benzene rings is 2. The summed E-state index contributed by atoms with van der Waals surface area (Å²) in [5.74, 6) is -0.309. The van der Waals surface area contributed by atoms with Gasteiger partial charge in [-0.25, -0.2) is 4.98 Å². The molecular weight excluding hydrogens is 426 g/mol. The summed E-state index contributed by atoms with van der Waals surface area (Å²) in [6, 6.07) is 17.3. The molecule has 8 heteroatoms. The molecule has 0 aliphatic carbocycles. The molecule has 1 fully saturated rings. The van der Waals surface area contributed by atoms with Gasteiger partial charge in [0.2, 0.25) is 5.13 Å². The van der Waals surface area contributed by atoms with Crippen molar-refractivity contribution in [3.8, 4) is 11.3 Å². The summed E-state index contributed by atoms with van der Waals surface area (Å²) in [5.41, 5.74) is 9.02. The molecule has 1 saturated heterocycles. The lowest BCUT2D eigenvalue weighted by atomic mass is 10.2. The molecule has 2 N–H and O–H groups in total. The summed E-state index contributed by atoms with van der Waals surface area (Å²) >= 11 is 4.78. The topological polar surface area (TPSA) is 69.6 Å². The van der Waals surface area contributed by atoms with Crippen LogP contribution in [0.4, 0.5) is 10.8 Å². The fourth-order valence-corrected chi connectivity index (χ4v) is 3.70. The molecule has 134 valence electrons. The van der Waals surface area contributed by atoms with Crippen molar-refractivity contribution < 1.29 is 4.79 Å². The number of halogens is 1. The maximum atomic E-state index is 12.7. The van der Waals surface area contributed by atoms with Gasteiger partial charge in [-0.15, -0.1) is 11.3 Å². The van der Waals surface area contributed by atoms with Crippen LogP contribution in [-0.4, -0.2) is 16.6 Å². The summed E-state index contributed by atoms with van der Waals surface area (Å²) in [7, 11) is 0. The van der Waals surface area contributed by atoms with Crippen LogP contribution < -0.4 is 15.9 Å². The highest BCUT2D eigenvalue weighted by atomic mass is 79.9. The van der Waals surface area contributed by atoms with Gasteiger partial charge in [-0.05, 0) is 18.2 Å². The molecule has 0 saturated carbocycles. The first kappa shape index (κ1) is 17.4. The number of hydrogen-bond donors (Lipinski definition) is 2. The van der Waals surface area contributed by atoms with Crippen LogP contribution in [0.15, 0.2) is 81.8 Å². The van der Waals surface area contributed by atoms with Crippen molar-refractivity contribution in [2.24, 2.45) is 5.10 Å². The van der Waals surface area contributed by atoms with E-state index in [1.807, 2.05) is 60.0 Å². The minimum atomic E-state index is -0.309. The highest BCUT2D eigenvalue weighted by molar-refractivity contribution is 9.10. The number of amides is 1. The Balaban J connectivity index is 1.54. The molecule has 27 heavy (non-hydrogen) atoms. The number of nitrogens with zero attached hydrogens (tertiary/aromatic N) is 3. The smallest absolute Gasteiger partial charge is 0.287 e. The van der Waals surface area contributed by atoms with Crippen LogP contribution in [0.3, 0.4) is 0 Å². The number of nitrogens with one attached hydrogen (secondary N) is 2. The molecule has 0 atom stereocenters. The Kier molecular flexibility index (Phi) is 4.74. The Labute approximate surface area is 168 Å². The number of hydrazine groups is 1. The number of hydrogen-bond acceptors (Lipinski definition) is 6. The predicted octanol–water partition coefficient (Wildman–Crippen LogP) is 4.41. The van der Waals surface area contributed by atoms with Crippen molar-refractivity contribution in [2.45, 2.75) is 0 Å². The maximum Gasteiger partial charge on any atom is 0.301 e. The standard InChI is InChI=1S/C19H14BrN5OS/c1-12-17(23-22-15-9-5-8-14(20)10-15)18(26)25(24-12)19-21-16(11-27-19)13-6-3-2-4-7-13/h2-11,22,24H,1H2. The summed E-state index contributed by atoms with van der Waals surface area (Å²) in [6.07, 6.45) is 0. The van der Waals surface area contributed by atoms with Crippen LogP contribution in [0.25, 0.3) is 11.3 Å². The van der Waals surface area contributed by atoms with E-state index >= 15 is 0 Å². The van der Waals surface area contributed by atoms with Crippen molar-refractivity contribution in [2.75, 3.05) is 10.4 Å². The van der Waals surface area contributed by atoms with E-state index in [9.17, 15) is 4.79 Å². The minimum Gasteiger partial charge on any atom is -0.287 e. The van der Waals surface area contributed by atoms with Crippen LogP contribution in [0, 0.1) is 0 Å². The van der Waals surface area contributed by atoms with E-state index in [0.717, 1.165) is 21.4 Å². The monoisotopic (exact) mass is 439 g/mol. The second-order valence-corrected chi connectivity index (χ2v) is 7.45. The number of rotatable bonds is 4. The number of anilines is 2. The third-order valence-electron chi connectivity index (χ3n) is 3.81. The highest BCUT2D eigenvalue weighted by Gasteiger charge is 2.34. The molecule has 1 aliphatic heterocycles. The SMILES string of the molecule is C=C1NN(c2nc(-c3ccccc3)cs2)C(=O)C1=NNc1cccc(Br)c1. The van der Waals surface area contributed by atoms with Gasteiger partial charge in [0.15, 0.2) is 5.71 Å². The zero-order valence-electron chi connectivity index (χ0n) is 14.0. The summed E-state index contributed by atoms with van der Waals surface area (Å²) < 4.78 is 0.917. The zero-order valence-corrected chi connectivity index (χ0v) is 16.4. The van der Waals surface area contributed by atoms with Gasteiger partial charge < -0.3 is 0 Å². The molecule has 0 bridgehead atoms. The van der Waals surface area contributed by atoms with Crippen LogP contribution in [0.5, 0.6) is 0 Å². The quantitative estimate of drug-likeness (QED) is 0.590. The van der Waals surface area contributed by atoms with Crippen LogP contribution in [0.1, 0.15) is 0 Å². The van der Waals surface area contributed by atoms with Crippen LogP contribution in [0.2, 0.25) is 0 Å². The normalized spacial score (nSPS) is 15.3. The molecule has 0 unspecified atom stereocenters. The number of carbonyl (C=O) groups excluding carboxylic acids is 1. The Morgan fingerprint density at radius 1 is 1.19 bits per heavy atom. The molecule has 0 spiro atoms. The Bertz CT molecular complexity index is 1050. The third kappa shape index (κ3) is 3.62. The molecule has 2 aromatic carbocycles. The van der Waals surface area contributed by atoms with Gasteiger partial charge in [-0.3, -0.25) is 15.6 Å². The number of hydrazone groups is 1. The zero-order chi connectivity index (χ0) is 18.8. The second kappa shape index (κ2) is 7.34. The maximum absolute atomic E-state index is 12.7. The van der Waals surface area contributed by atoms with Crippen LogP contribution >= 0.6 is 27.3 Å². The fourth-order valence-electron chi connectivity index (χ4n) is 2.51.